The van der Waals surface area contributed by atoms with Gasteiger partial charge in [0.15, 0.2) is 17.6 Å². The molecule has 2 aliphatic heterocycles. The Morgan fingerprint density at radius 3 is 3.00 bits per heavy atom. The van der Waals surface area contributed by atoms with Gasteiger partial charge in [-0.2, -0.15) is 0 Å². The summed E-state index contributed by atoms with van der Waals surface area (Å²) in [6.07, 6.45) is 1.95. The van der Waals surface area contributed by atoms with Crippen molar-refractivity contribution in [3.05, 3.63) is 24.3 Å². The summed E-state index contributed by atoms with van der Waals surface area (Å²) >= 11 is 0. The number of hydrogen-bond acceptors (Lipinski definition) is 5. The molecule has 23 heavy (non-hydrogen) atoms. The second-order valence-corrected chi connectivity index (χ2v) is 6.70. The lowest BCUT2D eigenvalue weighted by atomic mass is 10.0. The Labute approximate surface area is 138 Å². The minimum absolute atomic E-state index is 0.118. The molecule has 1 aromatic carbocycles. The Hall–Kier alpha value is -1.30. The van der Waals surface area contributed by atoms with Crippen LogP contribution in [0.4, 0.5) is 0 Å². The van der Waals surface area contributed by atoms with Crippen molar-refractivity contribution >= 4 is 0 Å². The molecule has 0 unspecified atom stereocenters. The van der Waals surface area contributed by atoms with E-state index in [0.717, 1.165) is 30.5 Å². The molecule has 2 heterocycles. The molecule has 5 heteroatoms. The molecule has 3 atom stereocenters. The molecule has 1 saturated heterocycles. The van der Waals surface area contributed by atoms with Gasteiger partial charge in [0.25, 0.3) is 0 Å². The molecule has 0 spiro atoms. The summed E-state index contributed by atoms with van der Waals surface area (Å²) in [4.78, 5) is 2.33. The first-order valence-electron chi connectivity index (χ1n) is 8.57. The van der Waals surface area contributed by atoms with E-state index in [1.165, 1.54) is 12.8 Å². The van der Waals surface area contributed by atoms with E-state index in [2.05, 4.69) is 11.8 Å². The van der Waals surface area contributed by atoms with Crippen molar-refractivity contribution in [3.8, 4) is 11.5 Å². The van der Waals surface area contributed by atoms with E-state index >= 15 is 0 Å². The van der Waals surface area contributed by atoms with E-state index in [1.807, 2.05) is 24.3 Å². The number of aliphatic hydroxyl groups excluding tert-OH is 1. The lowest BCUT2D eigenvalue weighted by molar-refractivity contribution is -0.0313. The zero-order chi connectivity index (χ0) is 16.1. The number of para-hydroxylation sites is 2. The standard InChI is InChI=1S/C18H27NO4/c1-14-5-4-8-19(9-14)10-15(20)11-21-12-16-13-22-17-6-2-3-7-18(17)23-16/h2-3,6-7,14-16,20H,4-5,8-13H2,1H3/t14-,15-,16+/m1/s1. The van der Waals surface area contributed by atoms with Gasteiger partial charge in [-0.05, 0) is 37.4 Å². The van der Waals surface area contributed by atoms with Crippen molar-refractivity contribution in [2.24, 2.45) is 5.92 Å². The molecule has 0 amide bonds. The summed E-state index contributed by atoms with van der Waals surface area (Å²) in [6.45, 7) is 6.37. The third-order valence-corrected chi connectivity index (χ3v) is 4.39. The Morgan fingerprint density at radius 1 is 1.35 bits per heavy atom. The maximum atomic E-state index is 10.1. The van der Waals surface area contributed by atoms with Crippen molar-refractivity contribution in [3.63, 3.8) is 0 Å². The van der Waals surface area contributed by atoms with Crippen LogP contribution in [0.5, 0.6) is 11.5 Å². The highest BCUT2D eigenvalue weighted by Crippen LogP contribution is 2.30. The summed E-state index contributed by atoms with van der Waals surface area (Å²) in [6, 6.07) is 7.65. The molecule has 1 aromatic rings. The highest BCUT2D eigenvalue weighted by molar-refractivity contribution is 5.40. The average Bonchev–Trinajstić information content (AvgIpc) is 2.55. The smallest absolute Gasteiger partial charge is 0.161 e. The second-order valence-electron chi connectivity index (χ2n) is 6.70. The minimum atomic E-state index is -0.447. The zero-order valence-corrected chi connectivity index (χ0v) is 13.8. The van der Waals surface area contributed by atoms with Crippen molar-refractivity contribution in [2.75, 3.05) is 39.5 Å². The van der Waals surface area contributed by atoms with Crippen molar-refractivity contribution in [2.45, 2.75) is 32.0 Å². The van der Waals surface area contributed by atoms with Crippen molar-refractivity contribution in [1.82, 2.24) is 4.90 Å². The van der Waals surface area contributed by atoms with Crippen LogP contribution < -0.4 is 9.47 Å². The van der Waals surface area contributed by atoms with Gasteiger partial charge >= 0.3 is 0 Å². The van der Waals surface area contributed by atoms with Gasteiger partial charge in [0.05, 0.1) is 19.3 Å². The number of ether oxygens (including phenoxy) is 3. The molecule has 1 fully saturated rings. The molecule has 1 N–H and O–H groups in total. The van der Waals surface area contributed by atoms with Crippen LogP contribution in [0, 0.1) is 5.92 Å². The van der Waals surface area contributed by atoms with Crippen LogP contribution in [-0.2, 0) is 4.74 Å². The van der Waals surface area contributed by atoms with Gasteiger partial charge in [0.1, 0.15) is 6.61 Å². The van der Waals surface area contributed by atoms with Crippen LogP contribution >= 0.6 is 0 Å². The number of nitrogens with zero attached hydrogens (tertiary/aromatic N) is 1. The number of hydrogen-bond donors (Lipinski definition) is 1. The lowest BCUT2D eigenvalue weighted by Crippen LogP contribution is -2.41. The van der Waals surface area contributed by atoms with Gasteiger partial charge in [0.2, 0.25) is 0 Å². The number of benzene rings is 1. The van der Waals surface area contributed by atoms with Crippen LogP contribution in [0.1, 0.15) is 19.8 Å². The van der Waals surface area contributed by atoms with Gasteiger partial charge in [-0.25, -0.2) is 0 Å². The molecule has 0 bridgehead atoms. The molecule has 128 valence electrons. The van der Waals surface area contributed by atoms with E-state index in [-0.39, 0.29) is 6.10 Å². The van der Waals surface area contributed by atoms with E-state index in [4.69, 9.17) is 14.2 Å². The van der Waals surface area contributed by atoms with Crippen LogP contribution in [0.15, 0.2) is 24.3 Å². The van der Waals surface area contributed by atoms with Gasteiger partial charge in [-0.1, -0.05) is 19.1 Å². The molecular weight excluding hydrogens is 294 g/mol. The fourth-order valence-corrected chi connectivity index (χ4v) is 3.28. The second kappa shape index (κ2) is 7.99. The maximum absolute atomic E-state index is 10.1. The summed E-state index contributed by atoms with van der Waals surface area (Å²) in [7, 11) is 0. The Balaban J connectivity index is 1.35. The number of aliphatic hydroxyl groups is 1. The molecule has 3 rings (SSSR count). The Bertz CT molecular complexity index is 496. The van der Waals surface area contributed by atoms with Gasteiger partial charge < -0.3 is 24.2 Å². The van der Waals surface area contributed by atoms with Crippen LogP contribution in [0.3, 0.4) is 0 Å². The lowest BCUT2D eigenvalue weighted by Gasteiger charge is -2.32. The monoisotopic (exact) mass is 321 g/mol. The highest BCUT2D eigenvalue weighted by atomic mass is 16.6. The Kier molecular flexibility index (Phi) is 5.75. The normalized spacial score (nSPS) is 26.0. The maximum Gasteiger partial charge on any atom is 0.161 e. The van der Waals surface area contributed by atoms with E-state index in [9.17, 15) is 5.11 Å². The van der Waals surface area contributed by atoms with Crippen LogP contribution in [0.25, 0.3) is 0 Å². The third-order valence-electron chi connectivity index (χ3n) is 4.39. The SMILES string of the molecule is C[C@@H]1CCCN(C[C@@H](O)COC[C@H]2COc3ccccc3O2)C1. The topological polar surface area (TPSA) is 51.2 Å². The van der Waals surface area contributed by atoms with Gasteiger partial charge in [-0.3, -0.25) is 0 Å². The average molecular weight is 321 g/mol. The molecule has 0 radical (unpaired) electrons. The predicted molar refractivity (Wildman–Crippen MR) is 88.0 cm³/mol. The molecule has 0 aliphatic carbocycles. The van der Waals surface area contributed by atoms with E-state index in [1.54, 1.807) is 0 Å². The first-order chi connectivity index (χ1) is 11.2. The molecule has 0 aromatic heterocycles. The number of rotatable bonds is 6. The third kappa shape index (κ3) is 4.83. The van der Waals surface area contributed by atoms with Crippen LogP contribution in [0.2, 0.25) is 0 Å². The zero-order valence-electron chi connectivity index (χ0n) is 13.8. The summed E-state index contributed by atoms with van der Waals surface area (Å²) < 4.78 is 17.1. The first kappa shape index (κ1) is 16.6. The van der Waals surface area contributed by atoms with E-state index < -0.39 is 6.10 Å². The minimum Gasteiger partial charge on any atom is -0.486 e. The summed E-state index contributed by atoms with van der Waals surface area (Å²) in [5, 5.41) is 10.1. The molecule has 5 nitrogen and oxygen atoms in total. The number of fused-ring (bicyclic) bond motifs is 1. The molecule has 0 saturated carbocycles. The number of piperidine rings is 1. The van der Waals surface area contributed by atoms with Crippen LogP contribution in [-0.4, -0.2) is 61.7 Å². The van der Waals surface area contributed by atoms with Gasteiger partial charge in [-0.15, -0.1) is 0 Å². The summed E-state index contributed by atoms with van der Waals surface area (Å²) in [5.41, 5.74) is 0. The van der Waals surface area contributed by atoms with E-state index in [0.29, 0.717) is 26.4 Å². The molecule has 2 aliphatic rings. The quantitative estimate of drug-likeness (QED) is 0.868. The highest BCUT2D eigenvalue weighted by Gasteiger charge is 2.22. The fourth-order valence-electron chi connectivity index (χ4n) is 3.28. The summed E-state index contributed by atoms with van der Waals surface area (Å²) in [5.74, 6) is 2.27. The van der Waals surface area contributed by atoms with Crippen molar-refractivity contribution in [1.29, 1.82) is 0 Å². The predicted octanol–water partition coefficient (Wildman–Crippen LogP) is 1.94. The largest absolute Gasteiger partial charge is 0.486 e. The number of β-amino-alcohol motifs (C(OH)–C–C–N with tert-alkyl or cyclic N) is 1. The Morgan fingerprint density at radius 2 is 2.17 bits per heavy atom. The first-order valence-corrected chi connectivity index (χ1v) is 8.57. The fraction of sp³-hybridized carbons (Fsp3) is 0.667. The van der Waals surface area contributed by atoms with Gasteiger partial charge in [0, 0.05) is 13.1 Å². The van der Waals surface area contributed by atoms with Crippen molar-refractivity contribution < 1.29 is 19.3 Å². The number of likely N-dealkylation sites (tertiary alicyclic amines) is 1. The molecular formula is C18H27NO4.